The first-order chi connectivity index (χ1) is 5.83. The molecular formula is C10H20N2. The van der Waals surface area contributed by atoms with Gasteiger partial charge in [0.1, 0.15) is 0 Å². The van der Waals surface area contributed by atoms with Crippen LogP contribution >= 0.6 is 0 Å². The normalized spacial score (nSPS) is 21.1. The van der Waals surface area contributed by atoms with Crippen molar-refractivity contribution in [2.45, 2.75) is 12.8 Å². The van der Waals surface area contributed by atoms with Gasteiger partial charge >= 0.3 is 0 Å². The second-order valence-electron chi connectivity index (χ2n) is 3.69. The number of nitrogens with zero attached hydrogens (tertiary/aromatic N) is 1. The maximum Gasteiger partial charge on any atom is 0.0132 e. The highest BCUT2D eigenvalue weighted by Gasteiger charge is 2.15. The molecule has 0 unspecified atom stereocenters. The summed E-state index contributed by atoms with van der Waals surface area (Å²) in [7, 11) is 2.20. The Labute approximate surface area is 75.6 Å². The van der Waals surface area contributed by atoms with Crippen LogP contribution in [0.2, 0.25) is 0 Å². The van der Waals surface area contributed by atoms with Gasteiger partial charge in [0.15, 0.2) is 0 Å². The van der Waals surface area contributed by atoms with Crippen LogP contribution in [0.25, 0.3) is 0 Å². The Hall–Kier alpha value is -0.340. The van der Waals surface area contributed by atoms with Crippen LogP contribution in [0, 0.1) is 5.92 Å². The second-order valence-corrected chi connectivity index (χ2v) is 3.69. The number of nitrogens with one attached hydrogen (secondary N) is 1. The number of hydrogen-bond acceptors (Lipinski definition) is 2. The van der Waals surface area contributed by atoms with Crippen molar-refractivity contribution in [2.75, 3.05) is 33.2 Å². The van der Waals surface area contributed by atoms with E-state index in [-0.39, 0.29) is 0 Å². The molecule has 70 valence electrons. The van der Waals surface area contributed by atoms with E-state index in [1.807, 2.05) is 6.08 Å². The Bertz CT molecular complexity index is 126. The van der Waals surface area contributed by atoms with Gasteiger partial charge in [-0.15, -0.1) is 6.58 Å². The minimum atomic E-state index is 0.890. The molecule has 0 aromatic heterocycles. The van der Waals surface area contributed by atoms with Crippen molar-refractivity contribution in [1.82, 2.24) is 10.2 Å². The van der Waals surface area contributed by atoms with Crippen LogP contribution in [0.1, 0.15) is 12.8 Å². The lowest BCUT2D eigenvalue weighted by Gasteiger charge is -2.28. The Morgan fingerprint density at radius 1 is 1.50 bits per heavy atom. The molecule has 0 atom stereocenters. The number of piperidine rings is 1. The first kappa shape index (κ1) is 9.75. The van der Waals surface area contributed by atoms with E-state index in [9.17, 15) is 0 Å². The highest BCUT2D eigenvalue weighted by Crippen LogP contribution is 2.14. The summed E-state index contributed by atoms with van der Waals surface area (Å²) in [6.45, 7) is 8.33. The molecule has 0 amide bonds. The van der Waals surface area contributed by atoms with E-state index in [4.69, 9.17) is 0 Å². The second kappa shape index (κ2) is 5.33. The molecule has 1 saturated heterocycles. The fourth-order valence-electron chi connectivity index (χ4n) is 1.66. The average Bonchev–Trinajstić information content (AvgIpc) is 2.09. The third kappa shape index (κ3) is 3.37. The lowest BCUT2D eigenvalue weighted by atomic mass is 9.97. The van der Waals surface area contributed by atoms with Crippen LogP contribution in [0.15, 0.2) is 12.7 Å². The summed E-state index contributed by atoms with van der Waals surface area (Å²) in [6, 6.07) is 0. The molecule has 0 radical (unpaired) electrons. The van der Waals surface area contributed by atoms with E-state index in [0.29, 0.717) is 0 Å². The lowest BCUT2D eigenvalue weighted by molar-refractivity contribution is 0.217. The largest absolute Gasteiger partial charge is 0.313 e. The van der Waals surface area contributed by atoms with E-state index in [0.717, 1.165) is 12.5 Å². The highest BCUT2D eigenvalue weighted by atomic mass is 15.1. The zero-order chi connectivity index (χ0) is 8.81. The SMILES string of the molecule is C=CCNCC1CCN(C)CC1. The highest BCUT2D eigenvalue weighted by molar-refractivity contribution is 4.75. The Balaban J connectivity index is 2.05. The quantitative estimate of drug-likeness (QED) is 0.499. The number of rotatable bonds is 4. The summed E-state index contributed by atoms with van der Waals surface area (Å²) < 4.78 is 0. The van der Waals surface area contributed by atoms with Crippen molar-refractivity contribution in [1.29, 1.82) is 0 Å². The van der Waals surface area contributed by atoms with Crippen LogP contribution in [0.5, 0.6) is 0 Å². The van der Waals surface area contributed by atoms with Gasteiger partial charge in [0.05, 0.1) is 0 Å². The molecule has 2 heteroatoms. The van der Waals surface area contributed by atoms with Crippen LogP contribution in [0.4, 0.5) is 0 Å². The number of hydrogen-bond donors (Lipinski definition) is 1. The summed E-state index contributed by atoms with van der Waals surface area (Å²) in [6.07, 6.45) is 4.62. The molecule has 0 aromatic rings. The topological polar surface area (TPSA) is 15.3 Å². The van der Waals surface area contributed by atoms with Crippen LogP contribution in [0.3, 0.4) is 0 Å². The monoisotopic (exact) mass is 168 g/mol. The Morgan fingerprint density at radius 2 is 2.17 bits per heavy atom. The average molecular weight is 168 g/mol. The predicted molar refractivity (Wildman–Crippen MR) is 53.3 cm³/mol. The molecule has 1 heterocycles. The standard InChI is InChI=1S/C10H20N2/c1-3-6-11-9-10-4-7-12(2)8-5-10/h3,10-11H,1,4-9H2,2H3. The van der Waals surface area contributed by atoms with Crippen molar-refractivity contribution in [2.24, 2.45) is 5.92 Å². The summed E-state index contributed by atoms with van der Waals surface area (Å²) >= 11 is 0. The van der Waals surface area contributed by atoms with Crippen molar-refractivity contribution >= 4 is 0 Å². The van der Waals surface area contributed by atoms with Crippen LogP contribution in [-0.4, -0.2) is 38.1 Å². The molecule has 0 aliphatic carbocycles. The van der Waals surface area contributed by atoms with Crippen molar-refractivity contribution < 1.29 is 0 Å². The fraction of sp³-hybridized carbons (Fsp3) is 0.800. The van der Waals surface area contributed by atoms with E-state index in [1.54, 1.807) is 0 Å². The van der Waals surface area contributed by atoms with Gasteiger partial charge in [-0.3, -0.25) is 0 Å². The van der Waals surface area contributed by atoms with E-state index >= 15 is 0 Å². The van der Waals surface area contributed by atoms with E-state index in [2.05, 4.69) is 23.8 Å². The molecule has 0 bridgehead atoms. The predicted octanol–water partition coefficient (Wildman–Crippen LogP) is 1.10. The van der Waals surface area contributed by atoms with Gasteiger partial charge in [0.25, 0.3) is 0 Å². The first-order valence-corrected chi connectivity index (χ1v) is 4.83. The third-order valence-electron chi connectivity index (χ3n) is 2.56. The lowest BCUT2D eigenvalue weighted by Crippen LogP contribution is -2.34. The first-order valence-electron chi connectivity index (χ1n) is 4.83. The zero-order valence-electron chi connectivity index (χ0n) is 8.05. The molecule has 2 nitrogen and oxygen atoms in total. The minimum absolute atomic E-state index is 0.890. The molecule has 0 spiro atoms. The molecule has 1 rings (SSSR count). The van der Waals surface area contributed by atoms with Crippen molar-refractivity contribution in [3.63, 3.8) is 0 Å². The molecule has 0 aromatic carbocycles. The van der Waals surface area contributed by atoms with Gasteiger partial charge < -0.3 is 10.2 Å². The fourth-order valence-corrected chi connectivity index (χ4v) is 1.66. The van der Waals surface area contributed by atoms with Gasteiger partial charge in [0, 0.05) is 6.54 Å². The zero-order valence-corrected chi connectivity index (χ0v) is 8.05. The number of likely N-dealkylation sites (tertiary alicyclic amines) is 1. The molecule has 12 heavy (non-hydrogen) atoms. The Kier molecular flexibility index (Phi) is 4.33. The maximum absolute atomic E-state index is 3.68. The van der Waals surface area contributed by atoms with Gasteiger partial charge in [-0.05, 0) is 45.4 Å². The van der Waals surface area contributed by atoms with Crippen molar-refractivity contribution in [3.8, 4) is 0 Å². The van der Waals surface area contributed by atoms with Crippen molar-refractivity contribution in [3.05, 3.63) is 12.7 Å². The molecule has 1 aliphatic rings. The Morgan fingerprint density at radius 3 is 2.75 bits per heavy atom. The summed E-state index contributed by atoms with van der Waals surface area (Å²) in [5, 5.41) is 3.38. The molecule has 0 saturated carbocycles. The van der Waals surface area contributed by atoms with Gasteiger partial charge in [-0.1, -0.05) is 6.08 Å². The van der Waals surface area contributed by atoms with Gasteiger partial charge in [0.2, 0.25) is 0 Å². The van der Waals surface area contributed by atoms with E-state index < -0.39 is 0 Å². The minimum Gasteiger partial charge on any atom is -0.313 e. The van der Waals surface area contributed by atoms with Gasteiger partial charge in [-0.2, -0.15) is 0 Å². The smallest absolute Gasteiger partial charge is 0.0132 e. The van der Waals surface area contributed by atoms with Crippen LogP contribution in [-0.2, 0) is 0 Å². The summed E-state index contributed by atoms with van der Waals surface area (Å²) in [5.41, 5.74) is 0. The third-order valence-corrected chi connectivity index (χ3v) is 2.56. The molecule has 1 fully saturated rings. The van der Waals surface area contributed by atoms with Crippen LogP contribution < -0.4 is 5.32 Å². The summed E-state index contributed by atoms with van der Waals surface area (Å²) in [5.74, 6) is 0.890. The summed E-state index contributed by atoms with van der Waals surface area (Å²) in [4.78, 5) is 2.41. The molecule has 1 aliphatic heterocycles. The van der Waals surface area contributed by atoms with E-state index in [1.165, 1.54) is 32.5 Å². The molecule has 1 N–H and O–H groups in total. The maximum atomic E-state index is 3.68. The molecular weight excluding hydrogens is 148 g/mol. The van der Waals surface area contributed by atoms with Gasteiger partial charge in [-0.25, -0.2) is 0 Å².